The van der Waals surface area contributed by atoms with E-state index in [1.165, 1.54) is 50.5 Å². The van der Waals surface area contributed by atoms with Gasteiger partial charge in [-0.1, -0.05) is 38.5 Å². The van der Waals surface area contributed by atoms with Crippen LogP contribution in [0, 0.1) is 0 Å². The van der Waals surface area contributed by atoms with Gasteiger partial charge in [-0.15, -0.1) is 0 Å². The molecule has 0 nitrogen and oxygen atoms in total. The fourth-order valence-corrected chi connectivity index (χ4v) is 2.27. The monoisotopic (exact) mass is 330 g/mol. The Morgan fingerprint density at radius 3 is 1.95 bits per heavy atom. The molecule has 0 aliphatic heterocycles. The fraction of sp³-hybridized carbons (Fsp3) is 0.444. The maximum absolute atomic E-state index is 4.20. The van der Waals surface area contributed by atoms with E-state index in [4.69, 9.17) is 0 Å². The topological polar surface area (TPSA) is 0 Å². The number of rotatable bonds is 8. The first-order chi connectivity index (χ1) is 9.43. The molecule has 0 radical (unpaired) electrons. The van der Waals surface area contributed by atoms with Crippen LogP contribution in [0.5, 0.6) is 0 Å². The molecule has 2 heteroatoms. The minimum atomic E-state index is 0. The van der Waals surface area contributed by atoms with Crippen LogP contribution in [-0.2, 0) is 23.5 Å². The van der Waals surface area contributed by atoms with Gasteiger partial charge in [-0.25, -0.2) is 24.3 Å². The fourth-order valence-electron chi connectivity index (χ4n) is 2.05. The maximum Gasteiger partial charge on any atom is 2.00 e. The summed E-state index contributed by atoms with van der Waals surface area (Å²) in [6, 6.07) is 18.7. The Hall–Kier alpha value is -0.431. The van der Waals surface area contributed by atoms with Crippen LogP contribution in [0.15, 0.2) is 54.6 Å². The zero-order valence-electron chi connectivity index (χ0n) is 12.2. The van der Waals surface area contributed by atoms with Crippen LogP contribution >= 0.6 is 12.6 Å². The molecule has 2 rings (SSSR count). The largest absolute Gasteiger partial charge is 2.00 e. The van der Waals surface area contributed by atoms with E-state index in [0.717, 1.165) is 5.75 Å². The number of unbranched alkanes of at least 4 members (excludes halogenated alkanes) is 5. The summed E-state index contributed by atoms with van der Waals surface area (Å²) in [6.07, 6.45) is 9.43. The predicted octanol–water partition coefficient (Wildman–Crippen LogP) is 5.62. The second-order valence-corrected chi connectivity index (χ2v) is 5.30. The molecule has 0 aromatic heterocycles. The quantitative estimate of drug-likeness (QED) is 0.276. The second kappa shape index (κ2) is 15.0. The molecule has 0 N–H and O–H groups in total. The van der Waals surface area contributed by atoms with Crippen LogP contribution in [0.3, 0.4) is 0 Å². The molecular formula is C18H26FeS. The molecule has 0 saturated carbocycles. The van der Waals surface area contributed by atoms with E-state index in [0.29, 0.717) is 0 Å². The van der Waals surface area contributed by atoms with Gasteiger partial charge in [-0.2, -0.15) is 48.5 Å². The predicted molar refractivity (Wildman–Crippen MR) is 89.3 cm³/mol. The Kier molecular flexibility index (Phi) is 14.6. The van der Waals surface area contributed by atoms with Gasteiger partial charge in [0, 0.05) is 0 Å². The van der Waals surface area contributed by atoms with Crippen molar-refractivity contribution in [2.45, 2.75) is 44.9 Å². The van der Waals surface area contributed by atoms with E-state index in [2.05, 4.69) is 36.9 Å². The summed E-state index contributed by atoms with van der Waals surface area (Å²) < 4.78 is 0. The van der Waals surface area contributed by atoms with Crippen molar-refractivity contribution in [1.29, 1.82) is 0 Å². The summed E-state index contributed by atoms with van der Waals surface area (Å²) in [4.78, 5) is 0. The van der Waals surface area contributed by atoms with E-state index in [1.54, 1.807) is 0 Å². The normalized spacial score (nSPS) is 9.45. The van der Waals surface area contributed by atoms with E-state index in [9.17, 15) is 0 Å². The Labute approximate surface area is 140 Å². The molecule has 0 atom stereocenters. The molecule has 0 heterocycles. The third-order valence-corrected chi connectivity index (χ3v) is 3.48. The van der Waals surface area contributed by atoms with Crippen molar-refractivity contribution >= 4 is 12.6 Å². The van der Waals surface area contributed by atoms with Crippen LogP contribution in [0.2, 0.25) is 0 Å². The summed E-state index contributed by atoms with van der Waals surface area (Å²) in [5, 5.41) is 0. The molecule has 0 aliphatic carbocycles. The molecule has 112 valence electrons. The van der Waals surface area contributed by atoms with Crippen molar-refractivity contribution in [3.63, 3.8) is 0 Å². The zero-order chi connectivity index (χ0) is 13.6. The minimum Gasteiger partial charge on any atom is -0.214 e. The van der Waals surface area contributed by atoms with Gasteiger partial charge in [0.25, 0.3) is 0 Å². The average Bonchev–Trinajstić information content (AvgIpc) is 3.13. The Bertz CT molecular complexity index is 333. The molecule has 0 bridgehead atoms. The van der Waals surface area contributed by atoms with Crippen molar-refractivity contribution in [3.05, 3.63) is 60.2 Å². The molecular weight excluding hydrogens is 304 g/mol. The first-order valence-corrected chi connectivity index (χ1v) is 8.05. The summed E-state index contributed by atoms with van der Waals surface area (Å²) >= 11 is 4.20. The molecule has 0 amide bonds. The van der Waals surface area contributed by atoms with Crippen molar-refractivity contribution in [2.75, 3.05) is 5.75 Å². The Balaban J connectivity index is 0.000000507. The summed E-state index contributed by atoms with van der Waals surface area (Å²) in [5.41, 5.74) is 1.50. The standard InChI is InChI=1S/C13H21S.C5H5.Fe/c14-12-8-4-2-1-3-5-9-13-10-6-7-11-13;1-2-4-5-3-1;/h6-7,10-11,14H,1-5,8-9,12H2;1-5H;/q2*-1;+2. The molecule has 2 aromatic carbocycles. The first-order valence-electron chi connectivity index (χ1n) is 7.41. The van der Waals surface area contributed by atoms with Crippen molar-refractivity contribution in [2.24, 2.45) is 0 Å². The smallest absolute Gasteiger partial charge is 0.214 e. The first kappa shape index (κ1) is 19.6. The molecule has 0 unspecified atom stereocenters. The molecule has 20 heavy (non-hydrogen) atoms. The number of thiol groups is 1. The zero-order valence-corrected chi connectivity index (χ0v) is 14.2. The van der Waals surface area contributed by atoms with E-state index >= 15 is 0 Å². The number of hydrogen-bond donors (Lipinski definition) is 1. The molecule has 0 aliphatic rings. The summed E-state index contributed by atoms with van der Waals surface area (Å²) in [5.74, 6) is 1.05. The SMILES string of the molecule is SCCCCCCCCc1ccc[cH-]1.[Fe+2].c1cc[cH-]c1. The van der Waals surface area contributed by atoms with Crippen molar-refractivity contribution < 1.29 is 17.1 Å². The van der Waals surface area contributed by atoms with Crippen molar-refractivity contribution in [3.8, 4) is 0 Å². The van der Waals surface area contributed by atoms with Crippen LogP contribution < -0.4 is 0 Å². The van der Waals surface area contributed by atoms with Gasteiger partial charge in [0.1, 0.15) is 0 Å². The summed E-state index contributed by atoms with van der Waals surface area (Å²) in [7, 11) is 0. The third-order valence-electron chi connectivity index (χ3n) is 3.16. The van der Waals surface area contributed by atoms with Crippen LogP contribution in [0.4, 0.5) is 0 Å². The van der Waals surface area contributed by atoms with Crippen molar-refractivity contribution in [1.82, 2.24) is 0 Å². The maximum atomic E-state index is 4.20. The van der Waals surface area contributed by atoms with E-state index < -0.39 is 0 Å². The van der Waals surface area contributed by atoms with Crippen LogP contribution in [-0.4, -0.2) is 5.75 Å². The Morgan fingerprint density at radius 1 is 0.800 bits per heavy atom. The van der Waals surface area contributed by atoms with Gasteiger partial charge in [-0.05, 0) is 12.2 Å². The minimum absolute atomic E-state index is 0. The van der Waals surface area contributed by atoms with Gasteiger partial charge in [0.05, 0.1) is 0 Å². The van der Waals surface area contributed by atoms with Gasteiger partial charge in [-0.3, -0.25) is 0 Å². The second-order valence-electron chi connectivity index (χ2n) is 4.85. The number of aryl methyl sites for hydroxylation is 1. The third kappa shape index (κ3) is 11.4. The Morgan fingerprint density at radius 2 is 1.45 bits per heavy atom. The molecule has 2 aromatic rings. The van der Waals surface area contributed by atoms with Crippen LogP contribution in [0.25, 0.3) is 0 Å². The van der Waals surface area contributed by atoms with E-state index in [-0.39, 0.29) is 17.1 Å². The molecule has 0 spiro atoms. The molecule has 0 fully saturated rings. The average molecular weight is 330 g/mol. The van der Waals surface area contributed by atoms with Gasteiger partial charge in [0.2, 0.25) is 0 Å². The van der Waals surface area contributed by atoms with Gasteiger partial charge in [0.15, 0.2) is 0 Å². The summed E-state index contributed by atoms with van der Waals surface area (Å²) in [6.45, 7) is 0. The van der Waals surface area contributed by atoms with E-state index in [1.807, 2.05) is 30.3 Å². The molecule has 0 saturated heterocycles. The van der Waals surface area contributed by atoms with Gasteiger partial charge < -0.3 is 0 Å². The van der Waals surface area contributed by atoms with Gasteiger partial charge >= 0.3 is 17.1 Å². The van der Waals surface area contributed by atoms with Crippen LogP contribution in [0.1, 0.15) is 44.1 Å². The number of hydrogen-bond acceptors (Lipinski definition) is 1.